The minimum atomic E-state index is -0.399. The summed E-state index contributed by atoms with van der Waals surface area (Å²) in [5, 5.41) is 2.91. The molecule has 0 aliphatic rings. The van der Waals surface area contributed by atoms with E-state index < -0.39 is 6.04 Å². The molecule has 1 atom stereocenters. The van der Waals surface area contributed by atoms with Crippen molar-refractivity contribution < 1.29 is 9.53 Å². The van der Waals surface area contributed by atoms with Crippen molar-refractivity contribution in [1.82, 2.24) is 5.32 Å². The highest BCUT2D eigenvalue weighted by molar-refractivity contribution is 5.81. The average Bonchev–Trinajstić information content (AvgIpc) is 2.30. The lowest BCUT2D eigenvalue weighted by atomic mass is 10.0. The molecule has 0 aromatic heterocycles. The molecule has 0 aromatic rings. The Labute approximate surface area is 98.9 Å². The maximum Gasteiger partial charge on any atom is 0.236 e. The fourth-order valence-corrected chi connectivity index (χ4v) is 1.53. The molecule has 16 heavy (non-hydrogen) atoms. The highest BCUT2D eigenvalue weighted by Gasteiger charge is 2.13. The van der Waals surface area contributed by atoms with Crippen LogP contribution in [-0.4, -0.2) is 32.2 Å². The highest BCUT2D eigenvalue weighted by atomic mass is 16.5. The molecule has 0 spiro atoms. The molecule has 0 aliphatic carbocycles. The van der Waals surface area contributed by atoms with Gasteiger partial charge in [0.2, 0.25) is 5.91 Å². The van der Waals surface area contributed by atoms with Crippen LogP contribution >= 0.6 is 0 Å². The van der Waals surface area contributed by atoms with Crippen molar-refractivity contribution in [3.8, 4) is 0 Å². The minimum Gasteiger partial charge on any atom is -0.385 e. The molecule has 0 aliphatic heterocycles. The minimum absolute atomic E-state index is 0.0389. The summed E-state index contributed by atoms with van der Waals surface area (Å²) in [5.74, 6) is 0.526. The number of nitrogens with one attached hydrogen (secondary N) is 1. The van der Waals surface area contributed by atoms with Gasteiger partial charge in [-0.1, -0.05) is 26.7 Å². The SMILES string of the molecule is CCC(CC)CNC(=O)C(N)CCCOC. The van der Waals surface area contributed by atoms with Gasteiger partial charge in [-0.05, 0) is 18.8 Å². The largest absolute Gasteiger partial charge is 0.385 e. The molecule has 1 amide bonds. The van der Waals surface area contributed by atoms with Crippen LogP contribution in [0, 0.1) is 5.92 Å². The van der Waals surface area contributed by atoms with E-state index in [-0.39, 0.29) is 5.91 Å². The summed E-state index contributed by atoms with van der Waals surface area (Å²) in [6.07, 6.45) is 3.70. The molecule has 1 unspecified atom stereocenters. The number of ether oxygens (including phenoxy) is 1. The molecule has 96 valence electrons. The number of hydrogen-bond donors (Lipinski definition) is 2. The van der Waals surface area contributed by atoms with Gasteiger partial charge in [-0.15, -0.1) is 0 Å². The number of amides is 1. The van der Waals surface area contributed by atoms with E-state index in [2.05, 4.69) is 19.2 Å². The van der Waals surface area contributed by atoms with E-state index in [9.17, 15) is 4.79 Å². The van der Waals surface area contributed by atoms with Gasteiger partial charge in [0.15, 0.2) is 0 Å². The maximum absolute atomic E-state index is 11.6. The van der Waals surface area contributed by atoms with Crippen molar-refractivity contribution in [2.75, 3.05) is 20.3 Å². The van der Waals surface area contributed by atoms with Gasteiger partial charge in [0, 0.05) is 20.3 Å². The van der Waals surface area contributed by atoms with Crippen molar-refractivity contribution in [1.29, 1.82) is 0 Å². The van der Waals surface area contributed by atoms with E-state index in [1.165, 1.54) is 0 Å². The number of nitrogens with two attached hydrogens (primary N) is 1. The predicted octanol–water partition coefficient (Wildman–Crippen LogP) is 1.29. The quantitative estimate of drug-likeness (QED) is 0.587. The van der Waals surface area contributed by atoms with Crippen LogP contribution in [-0.2, 0) is 9.53 Å². The Kier molecular flexibility index (Phi) is 9.24. The van der Waals surface area contributed by atoms with Gasteiger partial charge >= 0.3 is 0 Å². The van der Waals surface area contributed by atoms with Gasteiger partial charge in [-0.25, -0.2) is 0 Å². The molecule has 3 N–H and O–H groups in total. The Balaban J connectivity index is 3.69. The first-order valence-corrected chi connectivity index (χ1v) is 6.17. The maximum atomic E-state index is 11.6. The summed E-state index contributed by atoms with van der Waals surface area (Å²) in [5.41, 5.74) is 5.76. The first-order valence-electron chi connectivity index (χ1n) is 6.17. The molecule has 0 saturated carbocycles. The predicted molar refractivity (Wildman–Crippen MR) is 66.2 cm³/mol. The third kappa shape index (κ3) is 6.80. The van der Waals surface area contributed by atoms with Crippen LogP contribution < -0.4 is 11.1 Å². The molecule has 0 aromatic carbocycles. The monoisotopic (exact) mass is 230 g/mol. The Bertz CT molecular complexity index is 182. The summed E-state index contributed by atoms with van der Waals surface area (Å²) >= 11 is 0. The molecule has 0 heterocycles. The molecule has 4 nitrogen and oxygen atoms in total. The highest BCUT2D eigenvalue weighted by Crippen LogP contribution is 2.05. The van der Waals surface area contributed by atoms with Crippen LogP contribution in [0.5, 0.6) is 0 Å². The number of hydrogen-bond acceptors (Lipinski definition) is 3. The zero-order valence-corrected chi connectivity index (χ0v) is 10.8. The van der Waals surface area contributed by atoms with Gasteiger partial charge in [0.25, 0.3) is 0 Å². The number of carbonyl (C=O) groups is 1. The van der Waals surface area contributed by atoms with Crippen LogP contribution in [0.15, 0.2) is 0 Å². The standard InChI is InChI=1S/C12H26N2O2/c1-4-10(5-2)9-14-12(15)11(13)7-6-8-16-3/h10-11H,4-9,13H2,1-3H3,(H,14,15). The summed E-state index contributed by atoms with van der Waals surface area (Å²) in [7, 11) is 1.65. The third-order valence-corrected chi connectivity index (χ3v) is 2.92. The smallest absolute Gasteiger partial charge is 0.236 e. The molecule has 0 rings (SSSR count). The van der Waals surface area contributed by atoms with Crippen LogP contribution in [0.4, 0.5) is 0 Å². The van der Waals surface area contributed by atoms with Crippen molar-refractivity contribution >= 4 is 5.91 Å². The van der Waals surface area contributed by atoms with Crippen molar-refractivity contribution in [2.24, 2.45) is 11.7 Å². The Morgan fingerprint density at radius 3 is 2.50 bits per heavy atom. The number of methoxy groups -OCH3 is 1. The second kappa shape index (κ2) is 9.60. The van der Waals surface area contributed by atoms with Gasteiger partial charge in [-0.3, -0.25) is 4.79 Å². The lowest BCUT2D eigenvalue weighted by Crippen LogP contribution is -2.42. The number of carbonyl (C=O) groups excluding carboxylic acids is 1. The van der Waals surface area contributed by atoms with E-state index in [4.69, 9.17) is 10.5 Å². The van der Waals surface area contributed by atoms with Gasteiger partial charge < -0.3 is 15.8 Å². The number of rotatable bonds is 9. The lowest BCUT2D eigenvalue weighted by molar-refractivity contribution is -0.122. The van der Waals surface area contributed by atoms with Gasteiger partial charge in [0.1, 0.15) is 0 Å². The van der Waals surface area contributed by atoms with E-state index >= 15 is 0 Å². The molecule has 0 saturated heterocycles. The molecule has 0 bridgehead atoms. The van der Waals surface area contributed by atoms with Gasteiger partial charge in [-0.2, -0.15) is 0 Å². The molecule has 0 radical (unpaired) electrons. The average molecular weight is 230 g/mol. The molecular weight excluding hydrogens is 204 g/mol. The normalized spacial score (nSPS) is 12.8. The second-order valence-corrected chi connectivity index (χ2v) is 4.17. The third-order valence-electron chi connectivity index (χ3n) is 2.92. The van der Waals surface area contributed by atoms with Crippen LogP contribution in [0.2, 0.25) is 0 Å². The fraction of sp³-hybridized carbons (Fsp3) is 0.917. The Hall–Kier alpha value is -0.610. The summed E-state index contributed by atoms with van der Waals surface area (Å²) in [6.45, 7) is 5.68. The van der Waals surface area contributed by atoms with Crippen LogP contribution in [0.25, 0.3) is 0 Å². The first kappa shape index (κ1) is 15.4. The van der Waals surface area contributed by atoms with E-state index in [0.717, 1.165) is 25.8 Å². The fourth-order valence-electron chi connectivity index (χ4n) is 1.53. The van der Waals surface area contributed by atoms with Crippen LogP contribution in [0.3, 0.4) is 0 Å². The van der Waals surface area contributed by atoms with Crippen molar-refractivity contribution in [2.45, 2.75) is 45.6 Å². The van der Waals surface area contributed by atoms with Crippen LogP contribution in [0.1, 0.15) is 39.5 Å². The van der Waals surface area contributed by atoms with E-state index in [0.29, 0.717) is 18.9 Å². The second-order valence-electron chi connectivity index (χ2n) is 4.17. The zero-order chi connectivity index (χ0) is 12.4. The summed E-state index contributed by atoms with van der Waals surface area (Å²) in [6, 6.07) is -0.399. The van der Waals surface area contributed by atoms with Gasteiger partial charge in [0.05, 0.1) is 6.04 Å². The summed E-state index contributed by atoms with van der Waals surface area (Å²) < 4.78 is 4.92. The summed E-state index contributed by atoms with van der Waals surface area (Å²) in [4.78, 5) is 11.6. The molecule has 4 heteroatoms. The zero-order valence-electron chi connectivity index (χ0n) is 10.8. The van der Waals surface area contributed by atoms with E-state index in [1.54, 1.807) is 7.11 Å². The van der Waals surface area contributed by atoms with Crippen molar-refractivity contribution in [3.05, 3.63) is 0 Å². The Morgan fingerprint density at radius 2 is 2.00 bits per heavy atom. The molecule has 0 fully saturated rings. The Morgan fingerprint density at radius 1 is 1.38 bits per heavy atom. The van der Waals surface area contributed by atoms with Crippen molar-refractivity contribution in [3.63, 3.8) is 0 Å². The lowest BCUT2D eigenvalue weighted by Gasteiger charge is -2.16. The first-order chi connectivity index (χ1) is 7.65. The van der Waals surface area contributed by atoms with E-state index in [1.807, 2.05) is 0 Å². The topological polar surface area (TPSA) is 64.4 Å². The molecular formula is C12H26N2O2.